The van der Waals surface area contributed by atoms with Gasteiger partial charge in [0.25, 0.3) is 0 Å². The van der Waals surface area contributed by atoms with Gasteiger partial charge in [-0.2, -0.15) is 0 Å². The van der Waals surface area contributed by atoms with Gasteiger partial charge in [0.1, 0.15) is 18.1 Å². The highest BCUT2D eigenvalue weighted by molar-refractivity contribution is 5.90. The van der Waals surface area contributed by atoms with Gasteiger partial charge in [-0.25, -0.2) is 4.79 Å². The van der Waals surface area contributed by atoms with Crippen LogP contribution in [0.2, 0.25) is 0 Å². The molecule has 5 heteroatoms. The molecule has 2 aromatic rings. The Morgan fingerprint density at radius 3 is 2.22 bits per heavy atom. The molecule has 0 aromatic heterocycles. The summed E-state index contributed by atoms with van der Waals surface area (Å²) in [5.41, 5.74) is 2.92. The second-order valence-electron chi connectivity index (χ2n) is 5.17. The Hall–Kier alpha value is -2.69. The summed E-state index contributed by atoms with van der Waals surface area (Å²) in [6, 6.07) is 13.0. The number of methoxy groups -OCH3 is 1. The van der Waals surface area contributed by atoms with Crippen LogP contribution in [0, 0.1) is 13.8 Å². The van der Waals surface area contributed by atoms with E-state index in [0.29, 0.717) is 13.2 Å². The van der Waals surface area contributed by atoms with Crippen LogP contribution in [0.25, 0.3) is 0 Å². The molecule has 122 valence electrons. The maximum absolute atomic E-state index is 11.9. The molecule has 23 heavy (non-hydrogen) atoms. The molecule has 0 aliphatic rings. The summed E-state index contributed by atoms with van der Waals surface area (Å²) in [7, 11) is 1.62. The van der Waals surface area contributed by atoms with Crippen molar-refractivity contribution in [2.45, 2.75) is 13.8 Å². The zero-order chi connectivity index (χ0) is 16.7. The lowest BCUT2D eigenvalue weighted by Gasteiger charge is -2.12. The van der Waals surface area contributed by atoms with Crippen molar-refractivity contribution < 1.29 is 14.3 Å². The van der Waals surface area contributed by atoms with Crippen molar-refractivity contribution >= 4 is 11.7 Å². The van der Waals surface area contributed by atoms with Gasteiger partial charge in [0.05, 0.1) is 13.7 Å². The number of amides is 2. The number of rotatable bonds is 6. The summed E-state index contributed by atoms with van der Waals surface area (Å²) >= 11 is 0. The number of para-hydroxylation sites is 1. The van der Waals surface area contributed by atoms with Crippen LogP contribution in [-0.2, 0) is 0 Å². The predicted molar refractivity (Wildman–Crippen MR) is 91.4 cm³/mol. The standard InChI is InChI=1S/C18H22N2O3/c1-13-5-4-6-14(2)17(13)20-18(21)19-11-12-23-16-9-7-15(22-3)8-10-16/h4-10H,11-12H2,1-3H3,(H2,19,20,21). The molecule has 0 saturated carbocycles. The van der Waals surface area contributed by atoms with Gasteiger partial charge in [-0.1, -0.05) is 18.2 Å². The molecule has 2 amide bonds. The molecule has 0 radical (unpaired) electrons. The Morgan fingerprint density at radius 2 is 1.61 bits per heavy atom. The summed E-state index contributed by atoms with van der Waals surface area (Å²) in [6.07, 6.45) is 0. The smallest absolute Gasteiger partial charge is 0.319 e. The van der Waals surface area contributed by atoms with Crippen LogP contribution in [0.1, 0.15) is 11.1 Å². The van der Waals surface area contributed by atoms with E-state index in [1.54, 1.807) is 7.11 Å². The third-order valence-electron chi connectivity index (χ3n) is 3.44. The summed E-state index contributed by atoms with van der Waals surface area (Å²) in [4.78, 5) is 11.9. The third kappa shape index (κ3) is 4.92. The van der Waals surface area contributed by atoms with Gasteiger partial charge < -0.3 is 20.1 Å². The van der Waals surface area contributed by atoms with Crippen molar-refractivity contribution in [2.75, 3.05) is 25.6 Å². The molecule has 2 rings (SSSR count). The normalized spacial score (nSPS) is 10.0. The van der Waals surface area contributed by atoms with Gasteiger partial charge in [-0.15, -0.1) is 0 Å². The number of carbonyl (C=O) groups is 1. The summed E-state index contributed by atoms with van der Waals surface area (Å²) in [6.45, 7) is 4.75. The van der Waals surface area contributed by atoms with Crippen LogP contribution in [0.3, 0.4) is 0 Å². The van der Waals surface area contributed by atoms with Gasteiger partial charge in [-0.05, 0) is 49.2 Å². The van der Waals surface area contributed by atoms with Gasteiger partial charge in [0, 0.05) is 5.69 Å². The first-order chi connectivity index (χ1) is 11.1. The predicted octanol–water partition coefficient (Wildman–Crippen LogP) is 3.51. The average molecular weight is 314 g/mol. The summed E-state index contributed by atoms with van der Waals surface area (Å²) in [5, 5.41) is 5.65. The van der Waals surface area contributed by atoms with Crippen LogP contribution in [0.5, 0.6) is 11.5 Å². The average Bonchev–Trinajstić information content (AvgIpc) is 2.56. The minimum Gasteiger partial charge on any atom is -0.497 e. The highest BCUT2D eigenvalue weighted by atomic mass is 16.5. The van der Waals surface area contributed by atoms with E-state index in [-0.39, 0.29) is 6.03 Å². The van der Waals surface area contributed by atoms with E-state index < -0.39 is 0 Å². The first kappa shape index (κ1) is 16.7. The Morgan fingerprint density at radius 1 is 1.00 bits per heavy atom. The molecule has 0 atom stereocenters. The molecule has 2 N–H and O–H groups in total. The van der Waals surface area contributed by atoms with Crippen molar-refractivity contribution in [3.8, 4) is 11.5 Å². The second-order valence-corrected chi connectivity index (χ2v) is 5.17. The SMILES string of the molecule is COc1ccc(OCCNC(=O)Nc2c(C)cccc2C)cc1. The number of urea groups is 1. The Balaban J connectivity index is 1.74. The lowest BCUT2D eigenvalue weighted by Crippen LogP contribution is -2.32. The summed E-state index contributed by atoms with van der Waals surface area (Å²) in [5.74, 6) is 1.52. The second kappa shape index (κ2) is 8.08. The lowest BCUT2D eigenvalue weighted by atomic mass is 10.1. The molecule has 0 heterocycles. The van der Waals surface area contributed by atoms with E-state index in [4.69, 9.17) is 9.47 Å². The molecule has 5 nitrogen and oxygen atoms in total. The topological polar surface area (TPSA) is 59.6 Å². The minimum atomic E-state index is -0.235. The van der Waals surface area contributed by atoms with Gasteiger partial charge in [-0.3, -0.25) is 0 Å². The van der Waals surface area contributed by atoms with E-state index in [2.05, 4.69) is 10.6 Å². The molecule has 2 aromatic carbocycles. The molecule has 0 unspecified atom stereocenters. The van der Waals surface area contributed by atoms with Crippen LogP contribution in [0.15, 0.2) is 42.5 Å². The van der Waals surface area contributed by atoms with Crippen molar-refractivity contribution in [1.29, 1.82) is 0 Å². The van der Waals surface area contributed by atoms with E-state index in [1.807, 2.05) is 56.3 Å². The molecule has 0 bridgehead atoms. The number of ether oxygens (including phenoxy) is 2. The van der Waals surface area contributed by atoms with Crippen molar-refractivity contribution in [3.05, 3.63) is 53.6 Å². The molecule has 0 saturated heterocycles. The summed E-state index contributed by atoms with van der Waals surface area (Å²) < 4.78 is 10.6. The molecular formula is C18H22N2O3. The number of hydrogen-bond acceptors (Lipinski definition) is 3. The lowest BCUT2D eigenvalue weighted by molar-refractivity contribution is 0.247. The number of hydrogen-bond donors (Lipinski definition) is 2. The van der Waals surface area contributed by atoms with Gasteiger partial charge in [0.2, 0.25) is 0 Å². The largest absolute Gasteiger partial charge is 0.497 e. The maximum Gasteiger partial charge on any atom is 0.319 e. The fourth-order valence-electron chi connectivity index (χ4n) is 2.17. The number of aryl methyl sites for hydroxylation is 2. The van der Waals surface area contributed by atoms with Gasteiger partial charge in [0.15, 0.2) is 0 Å². The Kier molecular flexibility index (Phi) is 5.86. The number of carbonyl (C=O) groups excluding carboxylic acids is 1. The van der Waals surface area contributed by atoms with Crippen LogP contribution in [0.4, 0.5) is 10.5 Å². The van der Waals surface area contributed by atoms with Crippen LogP contribution < -0.4 is 20.1 Å². The first-order valence-corrected chi connectivity index (χ1v) is 7.48. The zero-order valence-electron chi connectivity index (χ0n) is 13.7. The number of benzene rings is 2. The quantitative estimate of drug-likeness (QED) is 0.802. The van der Waals surface area contributed by atoms with Crippen LogP contribution >= 0.6 is 0 Å². The van der Waals surface area contributed by atoms with Crippen molar-refractivity contribution in [1.82, 2.24) is 5.32 Å². The molecule has 0 aliphatic carbocycles. The van der Waals surface area contributed by atoms with Gasteiger partial charge >= 0.3 is 6.03 Å². The van der Waals surface area contributed by atoms with Crippen molar-refractivity contribution in [3.63, 3.8) is 0 Å². The Bertz CT molecular complexity index is 634. The first-order valence-electron chi connectivity index (χ1n) is 7.48. The van der Waals surface area contributed by atoms with E-state index in [1.165, 1.54) is 0 Å². The number of anilines is 1. The van der Waals surface area contributed by atoms with E-state index in [9.17, 15) is 4.79 Å². The highest BCUT2D eigenvalue weighted by Gasteiger charge is 2.06. The molecule has 0 spiro atoms. The fourth-order valence-corrected chi connectivity index (χ4v) is 2.17. The highest BCUT2D eigenvalue weighted by Crippen LogP contribution is 2.19. The minimum absolute atomic E-state index is 0.235. The maximum atomic E-state index is 11.9. The van der Waals surface area contributed by atoms with E-state index >= 15 is 0 Å². The van der Waals surface area contributed by atoms with E-state index in [0.717, 1.165) is 28.3 Å². The zero-order valence-corrected chi connectivity index (χ0v) is 13.7. The van der Waals surface area contributed by atoms with Crippen molar-refractivity contribution in [2.24, 2.45) is 0 Å². The molecule has 0 aliphatic heterocycles. The fraction of sp³-hybridized carbons (Fsp3) is 0.278. The van der Waals surface area contributed by atoms with Crippen LogP contribution in [-0.4, -0.2) is 26.3 Å². The number of nitrogens with one attached hydrogen (secondary N) is 2. The Labute approximate surface area is 136 Å². The monoisotopic (exact) mass is 314 g/mol. The third-order valence-corrected chi connectivity index (χ3v) is 3.44. The molecule has 0 fully saturated rings. The molecular weight excluding hydrogens is 292 g/mol.